The zero-order valence-electron chi connectivity index (χ0n) is 9.42. The van der Waals surface area contributed by atoms with Gasteiger partial charge in [-0.15, -0.1) is 0 Å². The van der Waals surface area contributed by atoms with Gasteiger partial charge in [0.25, 0.3) is 0 Å². The standard InChI is InChI=1S/C13H16FN/c1-4-15-8-12(9(2)3)11-6-5-10(14)7-13(11)15/h5-9H,4H2,1-3H3. The van der Waals surface area contributed by atoms with E-state index in [0.717, 1.165) is 12.1 Å². The highest BCUT2D eigenvalue weighted by Gasteiger charge is 2.10. The Labute approximate surface area is 89.5 Å². The summed E-state index contributed by atoms with van der Waals surface area (Å²) < 4.78 is 15.3. The molecule has 0 aliphatic rings. The van der Waals surface area contributed by atoms with E-state index in [9.17, 15) is 4.39 Å². The molecule has 0 unspecified atom stereocenters. The van der Waals surface area contributed by atoms with E-state index in [1.54, 1.807) is 6.07 Å². The van der Waals surface area contributed by atoms with Gasteiger partial charge < -0.3 is 4.57 Å². The molecule has 2 rings (SSSR count). The molecule has 0 aliphatic carbocycles. The third kappa shape index (κ3) is 1.65. The second-order valence-electron chi connectivity index (χ2n) is 4.19. The Balaban J connectivity index is 2.75. The quantitative estimate of drug-likeness (QED) is 0.700. The summed E-state index contributed by atoms with van der Waals surface area (Å²) in [4.78, 5) is 0. The highest BCUT2D eigenvalue weighted by molar-refractivity contribution is 5.84. The molecule has 0 atom stereocenters. The molecule has 0 saturated heterocycles. The monoisotopic (exact) mass is 205 g/mol. The van der Waals surface area contributed by atoms with Crippen molar-refractivity contribution in [3.8, 4) is 0 Å². The fraction of sp³-hybridized carbons (Fsp3) is 0.385. The summed E-state index contributed by atoms with van der Waals surface area (Å²) in [6, 6.07) is 5.03. The van der Waals surface area contributed by atoms with Gasteiger partial charge in [-0.05, 0) is 36.6 Å². The van der Waals surface area contributed by atoms with E-state index in [-0.39, 0.29) is 5.82 Å². The average Bonchev–Trinajstić information content (AvgIpc) is 2.55. The van der Waals surface area contributed by atoms with Crippen LogP contribution in [0.4, 0.5) is 4.39 Å². The van der Waals surface area contributed by atoms with Crippen LogP contribution in [0.25, 0.3) is 10.9 Å². The summed E-state index contributed by atoms with van der Waals surface area (Å²) in [5.74, 6) is 0.316. The molecular weight excluding hydrogens is 189 g/mol. The van der Waals surface area contributed by atoms with Crippen molar-refractivity contribution in [1.82, 2.24) is 4.57 Å². The highest BCUT2D eigenvalue weighted by Crippen LogP contribution is 2.27. The van der Waals surface area contributed by atoms with Crippen molar-refractivity contribution >= 4 is 10.9 Å². The predicted octanol–water partition coefficient (Wildman–Crippen LogP) is 3.92. The average molecular weight is 205 g/mol. The van der Waals surface area contributed by atoms with Gasteiger partial charge in [0.2, 0.25) is 0 Å². The van der Waals surface area contributed by atoms with Crippen molar-refractivity contribution in [2.45, 2.75) is 33.2 Å². The molecule has 1 heterocycles. The maximum Gasteiger partial charge on any atom is 0.125 e. The maximum absolute atomic E-state index is 13.1. The molecule has 80 valence electrons. The van der Waals surface area contributed by atoms with Crippen LogP contribution in [0.1, 0.15) is 32.3 Å². The van der Waals surface area contributed by atoms with Crippen molar-refractivity contribution in [2.75, 3.05) is 0 Å². The largest absolute Gasteiger partial charge is 0.347 e. The van der Waals surface area contributed by atoms with E-state index < -0.39 is 0 Å². The Morgan fingerprint density at radius 3 is 2.67 bits per heavy atom. The minimum absolute atomic E-state index is 0.161. The summed E-state index contributed by atoms with van der Waals surface area (Å²) in [7, 11) is 0. The third-order valence-electron chi connectivity index (χ3n) is 2.84. The van der Waals surface area contributed by atoms with E-state index >= 15 is 0 Å². The van der Waals surface area contributed by atoms with E-state index in [4.69, 9.17) is 0 Å². The lowest BCUT2D eigenvalue weighted by molar-refractivity contribution is 0.628. The van der Waals surface area contributed by atoms with Crippen molar-refractivity contribution < 1.29 is 4.39 Å². The summed E-state index contributed by atoms with van der Waals surface area (Å²) >= 11 is 0. The molecule has 0 N–H and O–H groups in total. The second kappa shape index (κ2) is 3.69. The first-order valence-electron chi connectivity index (χ1n) is 5.41. The van der Waals surface area contributed by atoms with Crippen LogP contribution >= 0.6 is 0 Å². The first-order chi connectivity index (χ1) is 7.13. The Bertz CT molecular complexity index is 482. The lowest BCUT2D eigenvalue weighted by atomic mass is 10.0. The molecule has 1 aromatic carbocycles. The fourth-order valence-corrected chi connectivity index (χ4v) is 2.02. The number of hydrogen-bond acceptors (Lipinski definition) is 0. The van der Waals surface area contributed by atoms with Crippen LogP contribution < -0.4 is 0 Å². The van der Waals surface area contributed by atoms with Crippen molar-refractivity contribution in [2.24, 2.45) is 0 Å². The molecule has 1 nitrogen and oxygen atoms in total. The molecule has 15 heavy (non-hydrogen) atoms. The molecule has 2 aromatic rings. The zero-order valence-corrected chi connectivity index (χ0v) is 9.42. The molecule has 0 aliphatic heterocycles. The van der Waals surface area contributed by atoms with Gasteiger partial charge >= 0.3 is 0 Å². The van der Waals surface area contributed by atoms with Crippen molar-refractivity contribution in [1.29, 1.82) is 0 Å². The number of benzene rings is 1. The Hall–Kier alpha value is -1.31. The van der Waals surface area contributed by atoms with E-state index in [1.807, 2.05) is 6.07 Å². The topological polar surface area (TPSA) is 4.93 Å². The van der Waals surface area contributed by atoms with Gasteiger partial charge in [-0.1, -0.05) is 13.8 Å². The molecule has 0 saturated carbocycles. The Morgan fingerprint density at radius 1 is 1.33 bits per heavy atom. The normalized spacial score (nSPS) is 11.5. The molecular formula is C13H16FN. The van der Waals surface area contributed by atoms with Crippen molar-refractivity contribution in [3.63, 3.8) is 0 Å². The van der Waals surface area contributed by atoms with Crippen LogP contribution in [0, 0.1) is 5.82 Å². The van der Waals surface area contributed by atoms with E-state index in [2.05, 4.69) is 31.5 Å². The van der Waals surface area contributed by atoms with Crippen LogP contribution in [0.15, 0.2) is 24.4 Å². The maximum atomic E-state index is 13.1. The van der Waals surface area contributed by atoms with Crippen molar-refractivity contribution in [3.05, 3.63) is 35.8 Å². The van der Waals surface area contributed by atoms with Gasteiger partial charge in [-0.3, -0.25) is 0 Å². The number of fused-ring (bicyclic) bond motifs is 1. The van der Waals surface area contributed by atoms with E-state index in [0.29, 0.717) is 5.92 Å². The number of rotatable bonds is 2. The molecule has 0 radical (unpaired) electrons. The highest BCUT2D eigenvalue weighted by atomic mass is 19.1. The minimum Gasteiger partial charge on any atom is -0.347 e. The summed E-state index contributed by atoms with van der Waals surface area (Å²) in [6.07, 6.45) is 2.13. The molecule has 0 amide bonds. The number of nitrogens with zero attached hydrogens (tertiary/aromatic N) is 1. The number of aryl methyl sites for hydroxylation is 1. The van der Waals surface area contributed by atoms with Gasteiger partial charge in [-0.2, -0.15) is 0 Å². The van der Waals surface area contributed by atoms with Crippen LogP contribution in [0.2, 0.25) is 0 Å². The third-order valence-corrected chi connectivity index (χ3v) is 2.84. The molecule has 0 bridgehead atoms. The fourth-order valence-electron chi connectivity index (χ4n) is 2.02. The van der Waals surface area contributed by atoms with E-state index in [1.165, 1.54) is 17.0 Å². The van der Waals surface area contributed by atoms with Crippen LogP contribution in [-0.2, 0) is 6.54 Å². The molecule has 2 heteroatoms. The van der Waals surface area contributed by atoms with Crippen LogP contribution in [0.5, 0.6) is 0 Å². The second-order valence-corrected chi connectivity index (χ2v) is 4.19. The van der Waals surface area contributed by atoms with Gasteiger partial charge in [0.15, 0.2) is 0 Å². The first-order valence-corrected chi connectivity index (χ1v) is 5.41. The first kappa shape index (κ1) is 10.2. The van der Waals surface area contributed by atoms with Crippen LogP contribution in [-0.4, -0.2) is 4.57 Å². The summed E-state index contributed by atoms with van der Waals surface area (Å²) in [5, 5.41) is 1.17. The smallest absolute Gasteiger partial charge is 0.125 e. The molecule has 1 aromatic heterocycles. The molecule has 0 fully saturated rings. The van der Waals surface area contributed by atoms with Crippen LogP contribution in [0.3, 0.4) is 0 Å². The predicted molar refractivity (Wildman–Crippen MR) is 61.7 cm³/mol. The summed E-state index contributed by atoms with van der Waals surface area (Å²) in [5.41, 5.74) is 2.30. The SMILES string of the molecule is CCn1cc(C(C)C)c2ccc(F)cc21. The zero-order chi connectivity index (χ0) is 11.0. The Kier molecular flexibility index (Phi) is 2.51. The van der Waals surface area contributed by atoms with Gasteiger partial charge in [0.1, 0.15) is 5.82 Å². The number of aromatic nitrogens is 1. The lowest BCUT2D eigenvalue weighted by Crippen LogP contribution is -1.91. The number of halogens is 1. The summed E-state index contributed by atoms with van der Waals surface area (Å²) in [6.45, 7) is 7.29. The van der Waals surface area contributed by atoms with Gasteiger partial charge in [-0.25, -0.2) is 4.39 Å². The minimum atomic E-state index is -0.161. The Morgan fingerprint density at radius 2 is 2.07 bits per heavy atom. The lowest BCUT2D eigenvalue weighted by Gasteiger charge is -2.01. The molecule has 0 spiro atoms. The van der Waals surface area contributed by atoms with Gasteiger partial charge in [0.05, 0.1) is 5.52 Å². The van der Waals surface area contributed by atoms with Gasteiger partial charge in [0, 0.05) is 18.1 Å². The number of hydrogen-bond donors (Lipinski definition) is 0.